The summed E-state index contributed by atoms with van der Waals surface area (Å²) in [4.78, 5) is 14.7. The van der Waals surface area contributed by atoms with Gasteiger partial charge in [0.25, 0.3) is 0 Å². The fraction of sp³-hybridized carbons (Fsp3) is 0.381. The Morgan fingerprint density at radius 1 is 1.12 bits per heavy atom. The number of amides is 2. The van der Waals surface area contributed by atoms with Gasteiger partial charge in [-0.15, -0.1) is 0 Å². The number of likely N-dealkylation sites (tertiary alicyclic amines) is 1. The number of carbonyl (C=O) groups is 1. The van der Waals surface area contributed by atoms with Crippen molar-refractivity contribution in [3.63, 3.8) is 0 Å². The van der Waals surface area contributed by atoms with Gasteiger partial charge in [0.15, 0.2) is 0 Å². The molecule has 1 fully saturated rings. The van der Waals surface area contributed by atoms with Crippen LogP contribution in [0.5, 0.6) is 0 Å². The van der Waals surface area contributed by atoms with Crippen molar-refractivity contribution in [1.82, 2.24) is 10.2 Å². The van der Waals surface area contributed by atoms with E-state index in [-0.39, 0.29) is 12.1 Å². The van der Waals surface area contributed by atoms with E-state index in [1.807, 2.05) is 36.4 Å². The number of hydrogen-bond donors (Lipinski definition) is 2. The first-order valence-electron chi connectivity index (χ1n) is 9.26. The smallest absolute Gasteiger partial charge is 0.319 e. The van der Waals surface area contributed by atoms with Crippen molar-refractivity contribution < 1.29 is 4.79 Å². The van der Waals surface area contributed by atoms with E-state index in [1.54, 1.807) is 0 Å². The van der Waals surface area contributed by atoms with Crippen LogP contribution in [0, 0.1) is 0 Å². The van der Waals surface area contributed by atoms with Gasteiger partial charge in [0.05, 0.1) is 0 Å². The molecule has 0 atom stereocenters. The van der Waals surface area contributed by atoms with Crippen molar-refractivity contribution in [1.29, 1.82) is 0 Å². The number of hydrogen-bond acceptors (Lipinski definition) is 2. The molecule has 2 aromatic carbocycles. The molecule has 26 heavy (non-hydrogen) atoms. The van der Waals surface area contributed by atoms with Gasteiger partial charge < -0.3 is 10.6 Å². The zero-order chi connectivity index (χ0) is 18.4. The highest BCUT2D eigenvalue weighted by atomic mass is 35.5. The molecule has 1 saturated heterocycles. The van der Waals surface area contributed by atoms with Gasteiger partial charge in [0.2, 0.25) is 0 Å². The summed E-state index contributed by atoms with van der Waals surface area (Å²) in [5.41, 5.74) is 3.32. The molecule has 0 aliphatic carbocycles. The number of carbonyl (C=O) groups excluding carboxylic acids is 1. The molecular formula is C21H26ClN3O. The minimum Gasteiger partial charge on any atom is -0.335 e. The van der Waals surface area contributed by atoms with E-state index in [2.05, 4.69) is 34.6 Å². The van der Waals surface area contributed by atoms with Crippen LogP contribution in [0.25, 0.3) is 0 Å². The van der Waals surface area contributed by atoms with Crippen LogP contribution in [0.1, 0.15) is 30.9 Å². The van der Waals surface area contributed by atoms with Crippen molar-refractivity contribution in [2.75, 3.05) is 18.4 Å². The highest BCUT2D eigenvalue weighted by Crippen LogP contribution is 2.17. The molecule has 0 aromatic heterocycles. The van der Waals surface area contributed by atoms with Gasteiger partial charge >= 0.3 is 6.03 Å². The lowest BCUT2D eigenvalue weighted by Gasteiger charge is -2.32. The lowest BCUT2D eigenvalue weighted by atomic mass is 10.0. The van der Waals surface area contributed by atoms with E-state index in [0.29, 0.717) is 0 Å². The molecule has 2 aromatic rings. The second-order valence-electron chi connectivity index (χ2n) is 6.79. The summed E-state index contributed by atoms with van der Waals surface area (Å²) in [6, 6.07) is 16.1. The average molecular weight is 372 g/mol. The third-order valence-corrected chi connectivity index (χ3v) is 5.14. The van der Waals surface area contributed by atoms with Gasteiger partial charge in [-0.2, -0.15) is 0 Å². The molecule has 3 rings (SSSR count). The molecule has 0 unspecified atom stereocenters. The van der Waals surface area contributed by atoms with Crippen LogP contribution < -0.4 is 10.6 Å². The van der Waals surface area contributed by atoms with Gasteiger partial charge in [-0.3, -0.25) is 4.90 Å². The first-order chi connectivity index (χ1) is 12.6. The zero-order valence-electron chi connectivity index (χ0n) is 15.2. The number of nitrogens with one attached hydrogen (secondary N) is 2. The van der Waals surface area contributed by atoms with Crippen LogP contribution >= 0.6 is 11.6 Å². The zero-order valence-corrected chi connectivity index (χ0v) is 15.9. The average Bonchev–Trinajstić information content (AvgIpc) is 2.65. The Bertz CT molecular complexity index is 724. The predicted molar refractivity (Wildman–Crippen MR) is 108 cm³/mol. The Labute approximate surface area is 160 Å². The molecule has 2 N–H and O–H groups in total. The maximum atomic E-state index is 12.3. The number of nitrogens with zero attached hydrogens (tertiary/aromatic N) is 1. The SMILES string of the molecule is CCc1ccccc1NC(=O)NC1CCN(Cc2ccc(Cl)cc2)CC1. The van der Waals surface area contributed by atoms with Gasteiger partial charge in [-0.25, -0.2) is 4.79 Å². The minimum atomic E-state index is -0.109. The summed E-state index contributed by atoms with van der Waals surface area (Å²) in [7, 11) is 0. The van der Waals surface area contributed by atoms with E-state index in [1.165, 1.54) is 5.56 Å². The van der Waals surface area contributed by atoms with E-state index >= 15 is 0 Å². The van der Waals surface area contributed by atoms with Crippen LogP contribution in [0.15, 0.2) is 48.5 Å². The number of halogens is 1. The summed E-state index contributed by atoms with van der Waals surface area (Å²) < 4.78 is 0. The second kappa shape index (κ2) is 9.06. The summed E-state index contributed by atoms with van der Waals surface area (Å²) in [6.45, 7) is 4.99. The minimum absolute atomic E-state index is 0.109. The van der Waals surface area contributed by atoms with Crippen LogP contribution in [-0.4, -0.2) is 30.1 Å². The molecule has 1 aliphatic rings. The number of aryl methyl sites for hydroxylation is 1. The summed E-state index contributed by atoms with van der Waals surface area (Å²) in [6.07, 6.45) is 2.84. The first-order valence-corrected chi connectivity index (χ1v) is 9.64. The Morgan fingerprint density at radius 2 is 1.81 bits per heavy atom. The maximum absolute atomic E-state index is 12.3. The summed E-state index contributed by atoms with van der Waals surface area (Å²) in [5, 5.41) is 6.88. The van der Waals surface area contributed by atoms with Gasteiger partial charge in [0, 0.05) is 36.4 Å². The van der Waals surface area contributed by atoms with Crippen LogP contribution in [0.2, 0.25) is 5.02 Å². The van der Waals surface area contributed by atoms with E-state index < -0.39 is 0 Å². The maximum Gasteiger partial charge on any atom is 0.319 e. The monoisotopic (exact) mass is 371 g/mol. The van der Waals surface area contributed by atoms with Gasteiger partial charge in [-0.05, 0) is 48.6 Å². The fourth-order valence-electron chi connectivity index (χ4n) is 3.38. The predicted octanol–water partition coefficient (Wildman–Crippen LogP) is 4.69. The molecule has 0 radical (unpaired) electrons. The normalized spacial score (nSPS) is 15.6. The molecule has 0 spiro atoms. The van der Waals surface area contributed by atoms with Crippen molar-refractivity contribution in [3.05, 3.63) is 64.7 Å². The van der Waals surface area contributed by atoms with Gasteiger partial charge in [0.1, 0.15) is 0 Å². The van der Waals surface area contributed by atoms with Crippen molar-refractivity contribution in [2.24, 2.45) is 0 Å². The Kier molecular flexibility index (Phi) is 6.53. The lowest BCUT2D eigenvalue weighted by Crippen LogP contribution is -2.45. The Hall–Kier alpha value is -2.04. The summed E-state index contributed by atoms with van der Waals surface area (Å²) >= 11 is 5.94. The molecule has 1 heterocycles. The summed E-state index contributed by atoms with van der Waals surface area (Å²) in [5.74, 6) is 0. The number of anilines is 1. The number of urea groups is 1. The number of piperidine rings is 1. The second-order valence-corrected chi connectivity index (χ2v) is 7.22. The standard InChI is InChI=1S/C21H26ClN3O/c1-2-17-5-3-4-6-20(17)24-21(26)23-19-11-13-25(14-12-19)15-16-7-9-18(22)10-8-16/h3-10,19H,2,11-15H2,1H3,(H2,23,24,26). The number of benzene rings is 2. The first kappa shape index (κ1) is 18.7. The van der Waals surface area contributed by atoms with Crippen molar-refractivity contribution in [3.8, 4) is 0 Å². The Morgan fingerprint density at radius 3 is 2.50 bits per heavy atom. The van der Waals surface area contributed by atoms with Crippen LogP contribution in [0.3, 0.4) is 0 Å². The van der Waals surface area contributed by atoms with Crippen molar-refractivity contribution in [2.45, 2.75) is 38.8 Å². The molecule has 1 aliphatic heterocycles. The topological polar surface area (TPSA) is 44.4 Å². The van der Waals surface area contributed by atoms with E-state index in [9.17, 15) is 4.79 Å². The highest BCUT2D eigenvalue weighted by molar-refractivity contribution is 6.30. The molecule has 0 saturated carbocycles. The third-order valence-electron chi connectivity index (χ3n) is 4.89. The lowest BCUT2D eigenvalue weighted by molar-refractivity contribution is 0.190. The number of para-hydroxylation sites is 1. The Balaban J connectivity index is 1.44. The third kappa shape index (κ3) is 5.23. The van der Waals surface area contributed by atoms with Crippen molar-refractivity contribution >= 4 is 23.3 Å². The highest BCUT2D eigenvalue weighted by Gasteiger charge is 2.21. The van der Waals surface area contributed by atoms with E-state index in [4.69, 9.17) is 11.6 Å². The largest absolute Gasteiger partial charge is 0.335 e. The molecule has 5 heteroatoms. The molecule has 0 bridgehead atoms. The van der Waals surface area contributed by atoms with Gasteiger partial charge in [-0.1, -0.05) is 48.9 Å². The fourth-order valence-corrected chi connectivity index (χ4v) is 3.50. The molecule has 2 amide bonds. The molecular weight excluding hydrogens is 346 g/mol. The number of rotatable bonds is 5. The van der Waals surface area contributed by atoms with Crippen LogP contribution in [-0.2, 0) is 13.0 Å². The van der Waals surface area contributed by atoms with Crippen LogP contribution in [0.4, 0.5) is 10.5 Å². The quantitative estimate of drug-likeness (QED) is 0.800. The molecule has 138 valence electrons. The van der Waals surface area contributed by atoms with E-state index in [0.717, 1.165) is 55.2 Å². The molecule has 4 nitrogen and oxygen atoms in total.